The summed E-state index contributed by atoms with van der Waals surface area (Å²) in [7, 11) is 0. The smallest absolute Gasteiger partial charge is 0.330 e. The van der Waals surface area contributed by atoms with Crippen molar-refractivity contribution in [3.05, 3.63) is 48.6 Å². The lowest BCUT2D eigenvalue weighted by Gasteiger charge is -2.03. The third kappa shape index (κ3) is 40.4. The van der Waals surface area contributed by atoms with E-state index in [4.69, 9.17) is 9.47 Å². The fraction of sp³-hybridized carbons (Fsp3) is 0.750. The van der Waals surface area contributed by atoms with Gasteiger partial charge in [0.2, 0.25) is 0 Å². The molecular weight excluding hydrogens is 638 g/mol. The average molecular weight is 711 g/mol. The van der Waals surface area contributed by atoms with Gasteiger partial charge in [0.15, 0.2) is 0 Å². The number of unbranched alkanes of at least 4 members (excludes halogenated alkanes) is 22. The molecule has 0 bridgehead atoms. The fourth-order valence-corrected chi connectivity index (χ4v) is 5.20. The Morgan fingerprint density at radius 1 is 0.457 bits per heavy atom. The van der Waals surface area contributed by atoms with E-state index in [9.17, 15) is 9.59 Å². The molecule has 2 N–H and O–H groups in total. The summed E-state index contributed by atoms with van der Waals surface area (Å²) in [6.45, 7) is 6.50. The van der Waals surface area contributed by atoms with Crippen LogP contribution in [0.5, 0.6) is 0 Å². The molecule has 0 amide bonds. The maximum absolute atomic E-state index is 11.8. The lowest BCUT2D eigenvalue weighted by atomic mass is 10.1. The monoisotopic (exact) mass is 709 g/mol. The van der Waals surface area contributed by atoms with Gasteiger partial charge in [-0.25, -0.2) is 9.59 Å². The highest BCUT2D eigenvalue weighted by Crippen LogP contribution is 2.13. The minimum atomic E-state index is -0.323. The Morgan fingerprint density at radius 2 is 0.761 bits per heavy atom. The largest absolute Gasteiger partial charge is 1.00 e. The van der Waals surface area contributed by atoms with E-state index in [1.165, 1.54) is 153 Å². The summed E-state index contributed by atoms with van der Waals surface area (Å²) < 4.78 is 10.4. The molecule has 0 aliphatic carbocycles. The van der Waals surface area contributed by atoms with Crippen LogP contribution in [0.3, 0.4) is 0 Å². The molecule has 6 heteroatoms. The van der Waals surface area contributed by atoms with Gasteiger partial charge in [-0.1, -0.05) is 179 Å². The lowest BCUT2D eigenvalue weighted by Crippen LogP contribution is -3.00. The van der Waals surface area contributed by atoms with Crippen LogP contribution in [0.15, 0.2) is 48.6 Å². The number of nitrogens with two attached hydrogens (primary N) is 1. The summed E-state index contributed by atoms with van der Waals surface area (Å²) in [4.78, 5) is 23.6. The minimum absolute atomic E-state index is 0. The van der Waals surface area contributed by atoms with Gasteiger partial charge < -0.3 is 31.8 Å². The van der Waals surface area contributed by atoms with Gasteiger partial charge in [0.25, 0.3) is 0 Å². The fourth-order valence-electron chi connectivity index (χ4n) is 5.20. The summed E-state index contributed by atoms with van der Waals surface area (Å²) in [5.74, 6) is -0.647. The topological polar surface area (TPSA) is 69.2 Å². The predicted molar refractivity (Wildman–Crippen MR) is 192 cm³/mol. The molecule has 0 rings (SSSR count). The first-order valence-corrected chi connectivity index (χ1v) is 19.0. The van der Waals surface area contributed by atoms with Gasteiger partial charge in [0, 0.05) is 12.2 Å². The van der Waals surface area contributed by atoms with Gasteiger partial charge in [-0.3, -0.25) is 0 Å². The van der Waals surface area contributed by atoms with Gasteiger partial charge in [0.1, 0.15) is 26.3 Å². The van der Waals surface area contributed by atoms with E-state index < -0.39 is 0 Å². The summed E-state index contributed by atoms with van der Waals surface area (Å²) in [6, 6.07) is 0. The van der Waals surface area contributed by atoms with Gasteiger partial charge >= 0.3 is 11.9 Å². The van der Waals surface area contributed by atoms with Crippen molar-refractivity contribution in [3.63, 3.8) is 0 Å². The van der Waals surface area contributed by atoms with Crippen molar-refractivity contribution < 1.29 is 41.4 Å². The molecule has 0 saturated carbocycles. The molecule has 0 spiro atoms. The van der Waals surface area contributed by atoms with Crippen LogP contribution in [0.4, 0.5) is 0 Å². The number of hydrogen-bond acceptors (Lipinski definition) is 4. The summed E-state index contributed by atoms with van der Waals surface area (Å²) >= 11 is 0. The van der Waals surface area contributed by atoms with Gasteiger partial charge in [-0.05, 0) is 25.7 Å². The van der Waals surface area contributed by atoms with E-state index in [-0.39, 0.29) is 28.9 Å². The lowest BCUT2D eigenvalue weighted by molar-refractivity contribution is -0.656. The van der Waals surface area contributed by atoms with Crippen LogP contribution in [0.2, 0.25) is 0 Å². The third-order valence-corrected chi connectivity index (χ3v) is 8.04. The summed E-state index contributed by atoms with van der Waals surface area (Å²) in [6.07, 6.45) is 46.5. The normalized spacial score (nSPS) is 11.7. The van der Waals surface area contributed by atoms with Crippen LogP contribution in [-0.2, 0) is 19.1 Å². The number of halogens is 1. The van der Waals surface area contributed by atoms with Gasteiger partial charge in [0.05, 0.1) is 0 Å². The quantitative estimate of drug-likeness (QED) is 0.0331. The number of carbonyl (C=O) groups is 2. The molecule has 0 aromatic heterocycles. The molecule has 268 valence electrons. The van der Waals surface area contributed by atoms with E-state index in [1.54, 1.807) is 12.2 Å². The first-order chi connectivity index (χ1) is 22.2. The van der Waals surface area contributed by atoms with Crippen molar-refractivity contribution in [2.45, 2.75) is 168 Å². The molecule has 0 atom stereocenters. The Kier molecular flexibility index (Phi) is 41.8. The highest BCUT2D eigenvalue weighted by atomic mass is 79.9. The molecule has 0 aliphatic heterocycles. The van der Waals surface area contributed by atoms with Crippen molar-refractivity contribution in [2.24, 2.45) is 0 Å². The zero-order chi connectivity index (χ0) is 32.7. The minimum Gasteiger partial charge on any atom is -1.00 e. The van der Waals surface area contributed by atoms with E-state index in [2.05, 4.69) is 26.0 Å². The van der Waals surface area contributed by atoms with E-state index in [0.717, 1.165) is 12.8 Å². The van der Waals surface area contributed by atoms with Crippen molar-refractivity contribution >= 4 is 11.9 Å². The summed E-state index contributed by atoms with van der Waals surface area (Å²) in [5.41, 5.74) is 0. The zero-order valence-electron chi connectivity index (χ0n) is 30.0. The maximum Gasteiger partial charge on any atom is 0.330 e. The predicted octanol–water partition coefficient (Wildman–Crippen LogP) is 7.27. The van der Waals surface area contributed by atoms with E-state index in [0.29, 0.717) is 26.3 Å². The first kappa shape index (κ1) is 46.5. The molecule has 0 unspecified atom stereocenters. The SMILES string of the molecule is CCCCCCCCCCCCCC=CC=CC(=O)OCC[NH2+]CCOC(=O)C=CC=CCCCCCCCCCCCCC.[Br-]. The second kappa shape index (κ2) is 41.4. The van der Waals surface area contributed by atoms with Crippen molar-refractivity contribution in [1.82, 2.24) is 0 Å². The Balaban J connectivity index is 0. The van der Waals surface area contributed by atoms with Crippen LogP contribution < -0.4 is 22.3 Å². The maximum atomic E-state index is 11.8. The van der Waals surface area contributed by atoms with E-state index in [1.807, 2.05) is 17.5 Å². The number of rotatable bonds is 34. The molecule has 0 aliphatic rings. The van der Waals surface area contributed by atoms with Crippen LogP contribution in [0, 0.1) is 0 Å². The molecule has 5 nitrogen and oxygen atoms in total. The molecule has 0 aromatic rings. The van der Waals surface area contributed by atoms with Crippen molar-refractivity contribution in [3.8, 4) is 0 Å². The Morgan fingerprint density at radius 3 is 1.09 bits per heavy atom. The highest BCUT2D eigenvalue weighted by molar-refractivity contribution is 5.82. The number of esters is 2. The van der Waals surface area contributed by atoms with Crippen LogP contribution in [-0.4, -0.2) is 38.2 Å². The average Bonchev–Trinajstić information content (AvgIpc) is 3.04. The van der Waals surface area contributed by atoms with E-state index >= 15 is 0 Å². The number of quaternary nitrogens is 1. The Labute approximate surface area is 295 Å². The second-order valence-corrected chi connectivity index (χ2v) is 12.4. The van der Waals surface area contributed by atoms with Crippen LogP contribution in [0.25, 0.3) is 0 Å². The number of carbonyl (C=O) groups excluding carboxylic acids is 2. The molecule has 0 radical (unpaired) electrons. The second-order valence-electron chi connectivity index (χ2n) is 12.4. The number of hydrogen-bond donors (Lipinski definition) is 1. The standard InChI is InChI=1S/C40H71NO4.BrH/c1-3-5-7-9-11-13-15-17-19-21-23-25-27-29-31-33-39(42)44-37-35-41-36-38-45-40(43)34-32-30-28-26-24-22-20-18-16-14-12-10-8-6-4-2;/h27-34,41H,3-26,35-38H2,1-2H3;1H. The van der Waals surface area contributed by atoms with Gasteiger partial charge in [-0.2, -0.15) is 0 Å². The van der Waals surface area contributed by atoms with Crippen molar-refractivity contribution in [1.29, 1.82) is 0 Å². The summed E-state index contributed by atoms with van der Waals surface area (Å²) in [5, 5.41) is 1.98. The number of allylic oxidation sites excluding steroid dienone is 6. The molecule has 0 saturated heterocycles. The van der Waals surface area contributed by atoms with Gasteiger partial charge in [-0.15, -0.1) is 0 Å². The first-order valence-electron chi connectivity index (χ1n) is 19.0. The molecule has 0 aromatic carbocycles. The van der Waals surface area contributed by atoms with Crippen LogP contribution in [0.1, 0.15) is 168 Å². The van der Waals surface area contributed by atoms with Crippen molar-refractivity contribution in [2.75, 3.05) is 26.3 Å². The third-order valence-electron chi connectivity index (χ3n) is 8.04. The zero-order valence-corrected chi connectivity index (χ0v) is 31.6. The molecule has 46 heavy (non-hydrogen) atoms. The Hall–Kier alpha value is -1.66. The molecular formula is C40H72BrNO4. The van der Waals surface area contributed by atoms with Crippen LogP contribution >= 0.6 is 0 Å². The molecule has 0 fully saturated rings. The number of ether oxygens (including phenoxy) is 2. The highest BCUT2D eigenvalue weighted by Gasteiger charge is 2.00. The molecule has 0 heterocycles. The Bertz CT molecular complexity index is 700.